The third-order valence-electron chi connectivity index (χ3n) is 3.53. The van der Waals surface area contributed by atoms with E-state index in [1.807, 2.05) is 31.2 Å². The molecule has 0 radical (unpaired) electrons. The van der Waals surface area contributed by atoms with Crippen molar-refractivity contribution in [1.29, 1.82) is 0 Å². The maximum atomic E-state index is 12.4. The molecule has 6 heteroatoms. The molecule has 1 N–H and O–H groups in total. The topological polar surface area (TPSA) is 50.8 Å². The summed E-state index contributed by atoms with van der Waals surface area (Å²) in [6.07, 6.45) is 0. The Labute approximate surface area is 130 Å². The highest BCUT2D eigenvalue weighted by atomic mass is 35.5. The molecule has 2 rings (SSSR count). The van der Waals surface area contributed by atoms with E-state index in [4.69, 9.17) is 21.1 Å². The number of morpholine rings is 1. The lowest BCUT2D eigenvalue weighted by Gasteiger charge is -2.34. The molecule has 5 nitrogen and oxygen atoms in total. The Balaban J connectivity index is 2.04. The fraction of sp³-hybridized carbons (Fsp3) is 0.533. The number of rotatable bonds is 4. The van der Waals surface area contributed by atoms with Crippen molar-refractivity contribution in [3.63, 3.8) is 0 Å². The molecule has 1 aromatic carbocycles. The van der Waals surface area contributed by atoms with Crippen LogP contribution in [-0.4, -0.2) is 50.4 Å². The molecule has 1 fully saturated rings. The first-order valence-corrected chi connectivity index (χ1v) is 7.39. The predicted octanol–water partition coefficient (Wildman–Crippen LogP) is 2.46. The number of carbonyl (C=O) groups is 1. The smallest absolute Gasteiger partial charge is 0.318 e. The molecule has 0 saturated carbocycles. The third kappa shape index (κ3) is 4.33. The van der Waals surface area contributed by atoms with Crippen LogP contribution in [0.2, 0.25) is 5.02 Å². The Morgan fingerprint density at radius 3 is 2.86 bits per heavy atom. The van der Waals surface area contributed by atoms with Gasteiger partial charge in [-0.2, -0.15) is 0 Å². The van der Waals surface area contributed by atoms with Gasteiger partial charge in [-0.05, 0) is 24.6 Å². The molecule has 0 aromatic heterocycles. The molecule has 1 unspecified atom stereocenters. The average molecular weight is 313 g/mol. The Morgan fingerprint density at radius 2 is 2.24 bits per heavy atom. The van der Waals surface area contributed by atoms with Gasteiger partial charge in [0.1, 0.15) is 0 Å². The zero-order valence-corrected chi connectivity index (χ0v) is 13.1. The van der Waals surface area contributed by atoms with E-state index in [1.54, 1.807) is 12.0 Å². The highest BCUT2D eigenvalue weighted by Gasteiger charge is 2.25. The van der Waals surface area contributed by atoms with Crippen LogP contribution in [0.15, 0.2) is 24.3 Å². The van der Waals surface area contributed by atoms with Crippen LogP contribution in [0.4, 0.5) is 4.79 Å². The van der Waals surface area contributed by atoms with Crippen LogP contribution >= 0.6 is 11.6 Å². The van der Waals surface area contributed by atoms with Crippen molar-refractivity contribution in [1.82, 2.24) is 10.2 Å². The number of amides is 2. The summed E-state index contributed by atoms with van der Waals surface area (Å²) in [6, 6.07) is 7.20. The highest BCUT2D eigenvalue weighted by Crippen LogP contribution is 2.18. The molecule has 0 bridgehead atoms. The summed E-state index contributed by atoms with van der Waals surface area (Å²) >= 11 is 5.90. The molecule has 1 aromatic rings. The second-order valence-corrected chi connectivity index (χ2v) is 5.56. The maximum absolute atomic E-state index is 12.4. The normalized spacial score (nSPS) is 20.1. The van der Waals surface area contributed by atoms with E-state index in [0.717, 1.165) is 5.56 Å². The van der Waals surface area contributed by atoms with Crippen LogP contribution < -0.4 is 5.32 Å². The molecule has 0 spiro atoms. The Kier molecular flexibility index (Phi) is 5.85. The number of hydrogen-bond donors (Lipinski definition) is 1. The van der Waals surface area contributed by atoms with Gasteiger partial charge in [-0.25, -0.2) is 4.79 Å². The van der Waals surface area contributed by atoms with E-state index >= 15 is 0 Å². The number of nitrogens with one attached hydrogen (secondary N) is 1. The van der Waals surface area contributed by atoms with Gasteiger partial charge in [-0.1, -0.05) is 23.7 Å². The second kappa shape index (κ2) is 7.64. The fourth-order valence-electron chi connectivity index (χ4n) is 2.34. The zero-order valence-electron chi connectivity index (χ0n) is 12.3. The molecule has 21 heavy (non-hydrogen) atoms. The van der Waals surface area contributed by atoms with Gasteiger partial charge in [-0.15, -0.1) is 0 Å². The van der Waals surface area contributed by atoms with Crippen LogP contribution in [0.5, 0.6) is 0 Å². The van der Waals surface area contributed by atoms with Crippen molar-refractivity contribution in [2.75, 3.05) is 33.5 Å². The van der Waals surface area contributed by atoms with Crippen molar-refractivity contribution in [3.05, 3.63) is 34.9 Å². The maximum Gasteiger partial charge on any atom is 0.318 e. The first kappa shape index (κ1) is 16.1. The van der Waals surface area contributed by atoms with Crippen LogP contribution in [0.25, 0.3) is 0 Å². The molecule has 1 heterocycles. The van der Waals surface area contributed by atoms with Gasteiger partial charge in [0.2, 0.25) is 0 Å². The van der Waals surface area contributed by atoms with Gasteiger partial charge in [-0.3, -0.25) is 0 Å². The number of halogens is 1. The average Bonchev–Trinajstić information content (AvgIpc) is 2.48. The van der Waals surface area contributed by atoms with Crippen molar-refractivity contribution in [2.24, 2.45) is 0 Å². The SMILES string of the molecule is COCC(NC(=O)N1CCOC[C@H]1C)c1ccc(Cl)cc1. The number of benzene rings is 1. The zero-order chi connectivity index (χ0) is 15.2. The number of urea groups is 1. The van der Waals surface area contributed by atoms with E-state index < -0.39 is 0 Å². The van der Waals surface area contributed by atoms with E-state index in [2.05, 4.69) is 5.32 Å². The van der Waals surface area contributed by atoms with Gasteiger partial charge in [0, 0.05) is 18.7 Å². The fourth-order valence-corrected chi connectivity index (χ4v) is 2.47. The van der Waals surface area contributed by atoms with Crippen LogP contribution in [0.1, 0.15) is 18.5 Å². The summed E-state index contributed by atoms with van der Waals surface area (Å²) in [5.41, 5.74) is 0.968. The second-order valence-electron chi connectivity index (χ2n) is 5.13. The van der Waals surface area contributed by atoms with Crippen LogP contribution in [0, 0.1) is 0 Å². The van der Waals surface area contributed by atoms with E-state index in [0.29, 0.717) is 31.4 Å². The first-order valence-electron chi connectivity index (χ1n) is 7.01. The first-order chi connectivity index (χ1) is 10.1. The van der Waals surface area contributed by atoms with Gasteiger partial charge in [0.25, 0.3) is 0 Å². The minimum absolute atomic E-state index is 0.0761. The summed E-state index contributed by atoms with van der Waals surface area (Å²) in [6.45, 7) is 4.14. The molecule has 2 amide bonds. The molecule has 2 atom stereocenters. The summed E-state index contributed by atoms with van der Waals surface area (Å²) in [5, 5.41) is 3.69. The number of nitrogens with zero attached hydrogens (tertiary/aromatic N) is 1. The number of hydrogen-bond acceptors (Lipinski definition) is 3. The van der Waals surface area contributed by atoms with E-state index in [9.17, 15) is 4.79 Å². The number of carbonyl (C=O) groups excluding carboxylic acids is 1. The highest BCUT2D eigenvalue weighted by molar-refractivity contribution is 6.30. The summed E-state index contributed by atoms with van der Waals surface area (Å²) < 4.78 is 10.6. The molecule has 0 aliphatic carbocycles. The van der Waals surface area contributed by atoms with E-state index in [-0.39, 0.29) is 18.1 Å². The Morgan fingerprint density at radius 1 is 1.52 bits per heavy atom. The monoisotopic (exact) mass is 312 g/mol. The van der Waals surface area contributed by atoms with Gasteiger partial charge in [0.15, 0.2) is 0 Å². The quantitative estimate of drug-likeness (QED) is 0.929. The minimum Gasteiger partial charge on any atom is -0.382 e. The lowest BCUT2D eigenvalue weighted by atomic mass is 10.1. The molecular formula is C15H21ClN2O3. The molecule has 1 saturated heterocycles. The Hall–Kier alpha value is -1.30. The standard InChI is InChI=1S/C15H21ClN2O3/c1-11-9-21-8-7-18(11)15(19)17-14(10-20-2)12-3-5-13(16)6-4-12/h3-6,11,14H,7-10H2,1-2H3,(H,17,19)/t11-,14?/m1/s1. The van der Waals surface area contributed by atoms with Gasteiger partial charge < -0.3 is 19.7 Å². The summed E-state index contributed by atoms with van der Waals surface area (Å²) in [4.78, 5) is 14.2. The van der Waals surface area contributed by atoms with Gasteiger partial charge >= 0.3 is 6.03 Å². The van der Waals surface area contributed by atoms with Crippen LogP contribution in [0.3, 0.4) is 0 Å². The molecular weight excluding hydrogens is 292 g/mol. The number of ether oxygens (including phenoxy) is 2. The predicted molar refractivity (Wildman–Crippen MR) is 81.6 cm³/mol. The molecule has 1 aliphatic rings. The third-order valence-corrected chi connectivity index (χ3v) is 3.78. The Bertz CT molecular complexity index is 466. The van der Waals surface area contributed by atoms with Crippen molar-refractivity contribution >= 4 is 17.6 Å². The largest absolute Gasteiger partial charge is 0.382 e. The van der Waals surface area contributed by atoms with E-state index in [1.165, 1.54) is 0 Å². The molecule has 1 aliphatic heterocycles. The van der Waals surface area contributed by atoms with Crippen molar-refractivity contribution in [3.8, 4) is 0 Å². The molecule has 116 valence electrons. The van der Waals surface area contributed by atoms with Crippen molar-refractivity contribution in [2.45, 2.75) is 19.0 Å². The summed E-state index contributed by atoms with van der Waals surface area (Å²) in [5.74, 6) is 0. The van der Waals surface area contributed by atoms with Gasteiger partial charge in [0.05, 0.1) is 31.9 Å². The number of methoxy groups -OCH3 is 1. The lowest BCUT2D eigenvalue weighted by molar-refractivity contribution is 0.0176. The lowest BCUT2D eigenvalue weighted by Crippen LogP contribution is -2.52. The summed E-state index contributed by atoms with van der Waals surface area (Å²) in [7, 11) is 1.62. The van der Waals surface area contributed by atoms with Crippen LogP contribution in [-0.2, 0) is 9.47 Å². The van der Waals surface area contributed by atoms with Crippen molar-refractivity contribution < 1.29 is 14.3 Å². The minimum atomic E-state index is -0.199.